The summed E-state index contributed by atoms with van der Waals surface area (Å²) < 4.78 is 11.3. The minimum atomic E-state index is 0.345. The molecule has 1 aliphatic heterocycles. The second-order valence-corrected chi connectivity index (χ2v) is 6.62. The van der Waals surface area contributed by atoms with E-state index in [4.69, 9.17) is 9.47 Å². The Hall–Kier alpha value is -1.59. The highest BCUT2D eigenvalue weighted by molar-refractivity contribution is 5.79. The maximum Gasteiger partial charge on any atom is 0.193 e. The molecule has 1 fully saturated rings. The molecule has 0 saturated carbocycles. The summed E-state index contributed by atoms with van der Waals surface area (Å²) in [6, 6.07) is 8.63. The van der Waals surface area contributed by atoms with Crippen LogP contribution >= 0.6 is 0 Å². The molecule has 0 radical (unpaired) electrons. The van der Waals surface area contributed by atoms with Gasteiger partial charge in [-0.2, -0.15) is 0 Å². The van der Waals surface area contributed by atoms with Crippen LogP contribution < -0.4 is 5.32 Å². The summed E-state index contributed by atoms with van der Waals surface area (Å²) in [6.07, 6.45) is 4.73. The van der Waals surface area contributed by atoms with Crippen molar-refractivity contribution in [2.24, 2.45) is 4.99 Å². The number of ether oxygens (including phenoxy) is 2. The molecule has 1 aromatic rings. The van der Waals surface area contributed by atoms with Crippen LogP contribution in [0.3, 0.4) is 0 Å². The average Bonchev–Trinajstić information content (AvgIpc) is 2.67. The summed E-state index contributed by atoms with van der Waals surface area (Å²) in [5.41, 5.74) is 2.47. The topological polar surface area (TPSA) is 46.1 Å². The normalized spacial score (nSPS) is 16.0. The molecule has 5 heteroatoms. The zero-order valence-electron chi connectivity index (χ0n) is 16.0. The van der Waals surface area contributed by atoms with Gasteiger partial charge in [0, 0.05) is 40.4 Å². The number of nitrogens with one attached hydrogen (secondary N) is 1. The summed E-state index contributed by atoms with van der Waals surface area (Å²) in [7, 11) is 3.92. The van der Waals surface area contributed by atoms with Crippen molar-refractivity contribution < 1.29 is 9.47 Å². The van der Waals surface area contributed by atoms with E-state index in [1.54, 1.807) is 0 Å². The fourth-order valence-corrected chi connectivity index (χ4v) is 2.88. The predicted molar refractivity (Wildman–Crippen MR) is 103 cm³/mol. The summed E-state index contributed by atoms with van der Waals surface area (Å²) in [5.74, 6) is 0.945. The molecule has 0 aliphatic carbocycles. The van der Waals surface area contributed by atoms with E-state index in [1.807, 2.05) is 7.05 Å². The highest BCUT2D eigenvalue weighted by Crippen LogP contribution is 2.14. The van der Waals surface area contributed by atoms with E-state index in [0.29, 0.717) is 12.7 Å². The van der Waals surface area contributed by atoms with Crippen LogP contribution in [0.15, 0.2) is 29.3 Å². The van der Waals surface area contributed by atoms with Gasteiger partial charge in [-0.25, -0.2) is 0 Å². The molecule has 1 saturated heterocycles. The van der Waals surface area contributed by atoms with Gasteiger partial charge in [-0.05, 0) is 30.4 Å². The van der Waals surface area contributed by atoms with Crippen LogP contribution in [0.25, 0.3) is 0 Å². The van der Waals surface area contributed by atoms with Gasteiger partial charge >= 0.3 is 0 Å². The molecule has 0 unspecified atom stereocenters. The van der Waals surface area contributed by atoms with Crippen molar-refractivity contribution in [3.8, 4) is 0 Å². The van der Waals surface area contributed by atoms with Gasteiger partial charge in [0.15, 0.2) is 5.96 Å². The van der Waals surface area contributed by atoms with Gasteiger partial charge in [0.05, 0.1) is 12.7 Å². The van der Waals surface area contributed by atoms with Crippen molar-refractivity contribution in [2.45, 2.75) is 51.9 Å². The minimum absolute atomic E-state index is 0.345. The average molecular weight is 348 g/mol. The fraction of sp³-hybridized carbons (Fsp3) is 0.650. The Kier molecular flexibility index (Phi) is 8.77. The van der Waals surface area contributed by atoms with Crippen molar-refractivity contribution in [2.75, 3.05) is 33.9 Å². The van der Waals surface area contributed by atoms with E-state index >= 15 is 0 Å². The highest BCUT2D eigenvalue weighted by atomic mass is 16.5. The predicted octanol–water partition coefficient (Wildman–Crippen LogP) is 3.19. The van der Waals surface area contributed by atoms with Crippen LogP contribution in [0.5, 0.6) is 0 Å². The van der Waals surface area contributed by atoms with Gasteiger partial charge in [0.25, 0.3) is 0 Å². The third-order valence-corrected chi connectivity index (χ3v) is 4.55. The lowest BCUT2D eigenvalue weighted by Gasteiger charge is -2.22. The molecule has 1 N–H and O–H groups in total. The monoisotopic (exact) mass is 347 g/mol. The van der Waals surface area contributed by atoms with E-state index in [0.717, 1.165) is 45.1 Å². The highest BCUT2D eigenvalue weighted by Gasteiger charge is 2.13. The number of unbranched alkanes of at least 4 members (excludes halogenated alkanes) is 1. The van der Waals surface area contributed by atoms with Crippen LogP contribution in [0.1, 0.15) is 43.7 Å². The molecule has 0 aromatic heterocycles. The SMILES string of the molecule is CCCCN(C)C(=NC)NCc1ccc(COC2CCOCC2)cc1. The van der Waals surface area contributed by atoms with Gasteiger partial charge in [-0.3, -0.25) is 4.99 Å². The molecule has 25 heavy (non-hydrogen) atoms. The molecule has 1 aliphatic rings. The molecule has 0 spiro atoms. The fourth-order valence-electron chi connectivity index (χ4n) is 2.88. The number of rotatable bonds is 8. The van der Waals surface area contributed by atoms with E-state index in [1.165, 1.54) is 24.0 Å². The maximum atomic E-state index is 5.97. The summed E-state index contributed by atoms with van der Waals surface area (Å²) >= 11 is 0. The lowest BCUT2D eigenvalue weighted by atomic mass is 10.1. The Bertz CT molecular complexity index is 510. The second kappa shape index (κ2) is 11.1. The number of guanidine groups is 1. The third kappa shape index (κ3) is 7.04. The molecule has 1 heterocycles. The van der Waals surface area contributed by atoms with Crippen molar-refractivity contribution in [3.05, 3.63) is 35.4 Å². The molecule has 0 bridgehead atoms. The van der Waals surface area contributed by atoms with Crippen LogP contribution in [0, 0.1) is 0 Å². The van der Waals surface area contributed by atoms with Gasteiger partial charge in [-0.1, -0.05) is 37.6 Å². The number of hydrogen-bond acceptors (Lipinski definition) is 3. The Morgan fingerprint density at radius 2 is 1.92 bits per heavy atom. The molecule has 5 nitrogen and oxygen atoms in total. The second-order valence-electron chi connectivity index (χ2n) is 6.62. The van der Waals surface area contributed by atoms with Gasteiger partial charge < -0.3 is 19.7 Å². The summed E-state index contributed by atoms with van der Waals surface area (Å²) in [4.78, 5) is 6.54. The zero-order chi connectivity index (χ0) is 17.9. The molecule has 1 aromatic carbocycles. The Morgan fingerprint density at radius 3 is 2.56 bits per heavy atom. The largest absolute Gasteiger partial charge is 0.381 e. The molecule has 140 valence electrons. The summed E-state index contributed by atoms with van der Waals surface area (Å²) in [6.45, 7) is 6.34. The van der Waals surface area contributed by atoms with Crippen LogP contribution in [0.4, 0.5) is 0 Å². The van der Waals surface area contributed by atoms with E-state index in [2.05, 4.69) is 53.4 Å². The molecule has 0 atom stereocenters. The van der Waals surface area contributed by atoms with Gasteiger partial charge in [0.2, 0.25) is 0 Å². The standard InChI is InChI=1S/C20H33N3O2/c1-4-5-12-23(3)20(21-2)22-15-17-6-8-18(9-7-17)16-25-19-10-13-24-14-11-19/h6-9,19H,4-5,10-16H2,1-3H3,(H,21,22). The summed E-state index contributed by atoms with van der Waals surface area (Å²) in [5, 5.41) is 3.43. The van der Waals surface area contributed by atoms with E-state index < -0.39 is 0 Å². The minimum Gasteiger partial charge on any atom is -0.381 e. The first-order valence-corrected chi connectivity index (χ1v) is 9.42. The Balaban J connectivity index is 1.75. The lowest BCUT2D eigenvalue weighted by Crippen LogP contribution is -2.38. The Labute approximate surface area is 152 Å². The number of nitrogens with zero attached hydrogens (tertiary/aromatic N) is 2. The Morgan fingerprint density at radius 1 is 1.24 bits per heavy atom. The zero-order valence-corrected chi connectivity index (χ0v) is 16.0. The number of benzene rings is 1. The lowest BCUT2D eigenvalue weighted by molar-refractivity contribution is -0.0390. The van der Waals surface area contributed by atoms with E-state index in [-0.39, 0.29) is 0 Å². The van der Waals surface area contributed by atoms with Crippen LogP contribution in [-0.4, -0.2) is 50.8 Å². The van der Waals surface area contributed by atoms with Crippen molar-refractivity contribution in [1.82, 2.24) is 10.2 Å². The first-order valence-electron chi connectivity index (χ1n) is 9.42. The first kappa shape index (κ1) is 19.7. The van der Waals surface area contributed by atoms with E-state index in [9.17, 15) is 0 Å². The molecule has 0 amide bonds. The van der Waals surface area contributed by atoms with Gasteiger partial charge in [0.1, 0.15) is 0 Å². The molecular formula is C20H33N3O2. The van der Waals surface area contributed by atoms with Crippen LogP contribution in [-0.2, 0) is 22.6 Å². The maximum absolute atomic E-state index is 5.97. The third-order valence-electron chi connectivity index (χ3n) is 4.55. The number of aliphatic imine (C=N–C) groups is 1. The van der Waals surface area contributed by atoms with Crippen LogP contribution in [0.2, 0.25) is 0 Å². The quantitative estimate of drug-likeness (QED) is 0.579. The van der Waals surface area contributed by atoms with Gasteiger partial charge in [-0.15, -0.1) is 0 Å². The van der Waals surface area contributed by atoms with Crippen molar-refractivity contribution in [3.63, 3.8) is 0 Å². The molecular weight excluding hydrogens is 314 g/mol. The first-order chi connectivity index (χ1) is 12.2. The van der Waals surface area contributed by atoms with Crippen molar-refractivity contribution in [1.29, 1.82) is 0 Å². The molecule has 2 rings (SSSR count). The van der Waals surface area contributed by atoms with Crippen molar-refractivity contribution >= 4 is 5.96 Å². The number of hydrogen-bond donors (Lipinski definition) is 1. The smallest absolute Gasteiger partial charge is 0.193 e.